The summed E-state index contributed by atoms with van der Waals surface area (Å²) in [6.45, 7) is 0. The minimum Gasteiger partial charge on any atom is -0.450 e. The predicted molar refractivity (Wildman–Crippen MR) is 268 cm³/mol. The lowest BCUT2D eigenvalue weighted by atomic mass is 9.63. The van der Waals surface area contributed by atoms with Crippen LogP contribution in [0.2, 0.25) is 0 Å². The standard InChI is InChI=1S/C61H41NO2S/c1-2-17-40(18-3-1)62(54-30-12-7-23-45(54)47-25-15-26-48-46-24-8-13-31-59(46)65-60(47)48)41-19-14-16-38(34-41)39-32-33-55-56(35-39)64-57-36-49-44-22-6-11-29-52(44)61(53(49)37-58(57)63-55)50-27-9-4-20-42(50)43-21-5-10-28-51(43)61/h1-9,11-27,29-37,42,50H,10,28H2. The summed E-state index contributed by atoms with van der Waals surface area (Å²) in [7, 11) is 0. The fourth-order valence-electron chi connectivity index (χ4n) is 11.9. The molecule has 5 aliphatic rings. The minimum absolute atomic E-state index is 0.244. The summed E-state index contributed by atoms with van der Waals surface area (Å²) in [5.41, 5.74) is 15.9. The Hall–Kier alpha value is -7.66. The summed E-state index contributed by atoms with van der Waals surface area (Å²) in [5, 5.41) is 2.59. The van der Waals surface area contributed by atoms with Crippen molar-refractivity contribution >= 4 is 48.6 Å². The van der Waals surface area contributed by atoms with Crippen LogP contribution in [-0.2, 0) is 5.41 Å². The molecule has 0 bridgehead atoms. The molecule has 3 unspecified atom stereocenters. The Morgan fingerprint density at radius 2 is 1.25 bits per heavy atom. The van der Waals surface area contributed by atoms with Crippen LogP contribution in [0.25, 0.3) is 53.6 Å². The zero-order chi connectivity index (χ0) is 42.6. The molecule has 1 spiro atoms. The van der Waals surface area contributed by atoms with Gasteiger partial charge in [0.05, 0.1) is 11.1 Å². The highest BCUT2D eigenvalue weighted by molar-refractivity contribution is 7.26. The van der Waals surface area contributed by atoms with Gasteiger partial charge >= 0.3 is 0 Å². The number of nitrogens with zero attached hydrogens (tertiary/aromatic N) is 1. The second kappa shape index (κ2) is 14.2. The van der Waals surface area contributed by atoms with Gasteiger partial charge in [0.1, 0.15) is 0 Å². The van der Waals surface area contributed by atoms with Crippen LogP contribution in [0.1, 0.15) is 24.0 Å². The number of rotatable bonds is 5. The van der Waals surface area contributed by atoms with E-state index in [0.717, 1.165) is 58.3 Å². The molecular formula is C61H41NO2S. The van der Waals surface area contributed by atoms with E-state index in [2.05, 4.69) is 217 Å². The molecule has 308 valence electrons. The van der Waals surface area contributed by atoms with Gasteiger partial charge in [0.2, 0.25) is 0 Å². The molecule has 3 atom stereocenters. The van der Waals surface area contributed by atoms with Gasteiger partial charge in [0.25, 0.3) is 0 Å². The Bertz CT molecular complexity index is 3590. The second-order valence-corrected chi connectivity index (χ2v) is 18.8. The number of hydrogen-bond acceptors (Lipinski definition) is 4. The van der Waals surface area contributed by atoms with Crippen molar-refractivity contribution in [2.75, 3.05) is 4.90 Å². The van der Waals surface area contributed by atoms with E-state index < -0.39 is 0 Å². The van der Waals surface area contributed by atoms with E-state index in [0.29, 0.717) is 17.6 Å². The van der Waals surface area contributed by atoms with Crippen molar-refractivity contribution in [3.05, 3.63) is 235 Å². The van der Waals surface area contributed by atoms with Crippen molar-refractivity contribution in [2.24, 2.45) is 11.8 Å². The number of allylic oxidation sites excluding steroid dienone is 8. The zero-order valence-electron chi connectivity index (χ0n) is 35.4. The number of thiophene rings is 1. The molecule has 9 aromatic rings. The molecule has 0 fully saturated rings. The molecule has 1 aliphatic heterocycles. The lowest BCUT2D eigenvalue weighted by molar-refractivity contribution is 0.357. The van der Waals surface area contributed by atoms with E-state index in [1.807, 2.05) is 11.3 Å². The number of anilines is 3. The van der Waals surface area contributed by atoms with Crippen LogP contribution in [0.5, 0.6) is 23.0 Å². The molecule has 0 N–H and O–H groups in total. The van der Waals surface area contributed by atoms with Crippen LogP contribution in [-0.4, -0.2) is 0 Å². The van der Waals surface area contributed by atoms with Crippen LogP contribution in [0.4, 0.5) is 17.1 Å². The maximum Gasteiger partial charge on any atom is 0.170 e. The molecule has 14 rings (SSSR count). The number of benzene rings is 8. The third-order valence-electron chi connectivity index (χ3n) is 14.5. The van der Waals surface area contributed by atoms with Gasteiger partial charge in [0.15, 0.2) is 23.0 Å². The van der Waals surface area contributed by atoms with Crippen LogP contribution in [0.3, 0.4) is 0 Å². The predicted octanol–water partition coefficient (Wildman–Crippen LogP) is 17.0. The number of fused-ring (bicyclic) bond motifs is 14. The molecule has 4 aliphatic carbocycles. The molecule has 0 saturated heterocycles. The van der Waals surface area contributed by atoms with Gasteiger partial charge in [-0.1, -0.05) is 157 Å². The Kier molecular flexibility index (Phi) is 8.02. The normalized spacial score (nSPS) is 19.3. The Morgan fingerprint density at radius 1 is 0.523 bits per heavy atom. The summed E-state index contributed by atoms with van der Waals surface area (Å²) >= 11 is 1.87. The first-order valence-electron chi connectivity index (χ1n) is 22.7. The van der Waals surface area contributed by atoms with Crippen LogP contribution in [0, 0.1) is 11.8 Å². The van der Waals surface area contributed by atoms with Crippen LogP contribution in [0.15, 0.2) is 224 Å². The topological polar surface area (TPSA) is 21.7 Å². The van der Waals surface area contributed by atoms with Gasteiger partial charge in [-0.2, -0.15) is 0 Å². The molecule has 0 saturated carbocycles. The highest BCUT2D eigenvalue weighted by Gasteiger charge is 2.58. The number of ether oxygens (including phenoxy) is 2. The molecule has 0 radical (unpaired) electrons. The quantitative estimate of drug-likeness (QED) is 0.172. The molecule has 2 heterocycles. The van der Waals surface area contributed by atoms with E-state index in [4.69, 9.17) is 9.47 Å². The molecular weight excluding hydrogens is 811 g/mol. The summed E-state index contributed by atoms with van der Waals surface area (Å²) in [6, 6.07) is 63.8. The highest BCUT2D eigenvalue weighted by atomic mass is 32.1. The Labute approximate surface area is 382 Å². The summed E-state index contributed by atoms with van der Waals surface area (Å²) in [4.78, 5) is 2.39. The molecule has 65 heavy (non-hydrogen) atoms. The van der Waals surface area contributed by atoms with Gasteiger partial charge in [-0.25, -0.2) is 0 Å². The van der Waals surface area contributed by atoms with E-state index in [9.17, 15) is 0 Å². The van der Waals surface area contributed by atoms with E-state index in [1.54, 1.807) is 5.57 Å². The highest BCUT2D eigenvalue weighted by Crippen LogP contribution is 2.67. The van der Waals surface area contributed by atoms with E-state index in [1.165, 1.54) is 59.1 Å². The number of hydrogen-bond donors (Lipinski definition) is 0. The fraction of sp³-hybridized carbons (Fsp3) is 0.0820. The maximum absolute atomic E-state index is 6.90. The molecule has 1 aromatic heterocycles. The molecule has 8 aromatic carbocycles. The van der Waals surface area contributed by atoms with Crippen molar-refractivity contribution in [1.82, 2.24) is 0 Å². The summed E-state index contributed by atoms with van der Waals surface area (Å²) in [5.74, 6) is 3.62. The minimum atomic E-state index is -0.244. The third-order valence-corrected chi connectivity index (χ3v) is 15.7. The van der Waals surface area contributed by atoms with E-state index >= 15 is 0 Å². The van der Waals surface area contributed by atoms with Crippen molar-refractivity contribution in [2.45, 2.75) is 18.3 Å². The first kappa shape index (κ1) is 36.8. The molecule has 4 heteroatoms. The lowest BCUT2D eigenvalue weighted by Gasteiger charge is -2.38. The zero-order valence-corrected chi connectivity index (χ0v) is 36.3. The van der Waals surface area contributed by atoms with Gasteiger partial charge < -0.3 is 14.4 Å². The van der Waals surface area contributed by atoms with Gasteiger partial charge in [0, 0.05) is 54.5 Å². The van der Waals surface area contributed by atoms with Crippen LogP contribution < -0.4 is 14.4 Å². The molecule has 0 amide bonds. The largest absolute Gasteiger partial charge is 0.450 e. The van der Waals surface area contributed by atoms with Gasteiger partial charge in [-0.05, 0) is 112 Å². The third kappa shape index (κ3) is 5.35. The van der Waals surface area contributed by atoms with E-state index in [-0.39, 0.29) is 5.41 Å². The smallest absolute Gasteiger partial charge is 0.170 e. The van der Waals surface area contributed by atoms with Gasteiger partial charge in [-0.15, -0.1) is 11.3 Å². The monoisotopic (exact) mass is 851 g/mol. The van der Waals surface area contributed by atoms with Crippen molar-refractivity contribution < 1.29 is 9.47 Å². The van der Waals surface area contributed by atoms with Gasteiger partial charge in [-0.3, -0.25) is 0 Å². The van der Waals surface area contributed by atoms with Crippen molar-refractivity contribution in [1.29, 1.82) is 0 Å². The lowest BCUT2D eigenvalue weighted by Crippen LogP contribution is -2.35. The Morgan fingerprint density at radius 3 is 2.20 bits per heavy atom. The molecule has 3 nitrogen and oxygen atoms in total. The first-order chi connectivity index (χ1) is 32.2. The first-order valence-corrected chi connectivity index (χ1v) is 23.5. The second-order valence-electron chi connectivity index (χ2n) is 17.8. The fourth-order valence-corrected chi connectivity index (χ4v) is 13.1. The SMILES string of the molecule is C1=CC2C3=C(CCC=C3)C3(c4ccccc4-c4cc5c(cc43)Oc3ccc(-c4cccc(N(c6ccccc6)c6ccccc6-c6cccc7c6sc6ccccc67)c4)cc3O5)C2C=C1. The number of para-hydroxylation sites is 2. The summed E-state index contributed by atoms with van der Waals surface area (Å²) in [6.07, 6.45) is 16.2. The summed E-state index contributed by atoms with van der Waals surface area (Å²) < 4.78 is 16.4. The van der Waals surface area contributed by atoms with Crippen LogP contribution >= 0.6 is 11.3 Å². The van der Waals surface area contributed by atoms with Crippen molar-refractivity contribution in [3.8, 4) is 56.4 Å². The van der Waals surface area contributed by atoms with Crippen molar-refractivity contribution in [3.63, 3.8) is 0 Å². The average molecular weight is 852 g/mol. The Balaban J connectivity index is 0.851. The average Bonchev–Trinajstić information content (AvgIpc) is 4.00. The maximum atomic E-state index is 6.90.